The SMILES string of the molecule is Cc1cc(F)ccc1C1=C(N(C)C(=O)C(C)(C)c2cc(C(F)(F)F)cc(C(F)(F)F)c2)C=NC([C@H]2CCCN2C(=O)OC(C)(C)C)C1. The lowest BCUT2D eigenvalue weighted by Gasteiger charge is -2.36. The van der Waals surface area contributed by atoms with Crippen LogP contribution in [0, 0.1) is 12.7 Å². The molecule has 1 unspecified atom stereocenters. The molecule has 0 aliphatic carbocycles. The number of hydrogen-bond acceptors (Lipinski definition) is 4. The number of amides is 2. The Morgan fingerprint density at radius 3 is 2.02 bits per heavy atom. The molecule has 256 valence electrons. The quantitative estimate of drug-likeness (QED) is 0.300. The minimum Gasteiger partial charge on any atom is -0.444 e. The van der Waals surface area contributed by atoms with Crippen molar-refractivity contribution in [1.29, 1.82) is 0 Å². The summed E-state index contributed by atoms with van der Waals surface area (Å²) in [6.07, 6.45) is -7.68. The standard InChI is InChI=1S/C34H38F7N3O3/c1-19-13-23(35)10-11-24(19)25-17-26(27-9-8-12-44(27)30(46)47-31(2,3)4)42-18-28(25)43(7)29(45)32(5,6)20-14-21(33(36,37)38)16-22(15-20)34(39,40)41/h10-11,13-16,18,26-27H,8-9,12,17H2,1-7H3/t26?,27-/m1/s1. The monoisotopic (exact) mass is 669 g/mol. The van der Waals surface area contributed by atoms with Gasteiger partial charge in [0.1, 0.15) is 11.4 Å². The average molecular weight is 670 g/mol. The number of aryl methyl sites for hydroxylation is 1. The zero-order valence-corrected chi connectivity index (χ0v) is 27.2. The maximum atomic E-state index is 14.1. The third kappa shape index (κ3) is 7.81. The summed E-state index contributed by atoms with van der Waals surface area (Å²) < 4.78 is 102. The summed E-state index contributed by atoms with van der Waals surface area (Å²) in [6.45, 7) is 9.93. The summed E-state index contributed by atoms with van der Waals surface area (Å²) in [5, 5.41) is 0. The van der Waals surface area contributed by atoms with Crippen LogP contribution >= 0.6 is 0 Å². The molecule has 2 heterocycles. The molecule has 1 saturated heterocycles. The van der Waals surface area contributed by atoms with Gasteiger partial charge >= 0.3 is 18.4 Å². The fourth-order valence-corrected chi connectivity index (χ4v) is 6.06. The summed E-state index contributed by atoms with van der Waals surface area (Å²) in [5.74, 6) is -1.28. The van der Waals surface area contributed by atoms with Crippen LogP contribution in [-0.2, 0) is 27.3 Å². The molecule has 6 nitrogen and oxygen atoms in total. The first-order chi connectivity index (χ1) is 21.5. The number of likely N-dealkylation sites (tertiary alicyclic amines) is 1. The molecule has 1 fully saturated rings. The van der Waals surface area contributed by atoms with E-state index in [0.29, 0.717) is 48.2 Å². The van der Waals surface area contributed by atoms with Crippen LogP contribution in [0.25, 0.3) is 5.57 Å². The first-order valence-corrected chi connectivity index (χ1v) is 15.1. The van der Waals surface area contributed by atoms with Crippen LogP contribution in [0.1, 0.15) is 81.7 Å². The molecule has 2 aromatic rings. The van der Waals surface area contributed by atoms with E-state index in [2.05, 4.69) is 0 Å². The number of carbonyl (C=O) groups is 2. The van der Waals surface area contributed by atoms with E-state index in [1.807, 2.05) is 0 Å². The van der Waals surface area contributed by atoms with E-state index in [9.17, 15) is 40.3 Å². The van der Waals surface area contributed by atoms with Crippen molar-refractivity contribution in [3.63, 3.8) is 0 Å². The van der Waals surface area contributed by atoms with E-state index < -0.39 is 63.9 Å². The van der Waals surface area contributed by atoms with Gasteiger partial charge in [-0.15, -0.1) is 0 Å². The molecule has 0 aromatic heterocycles. The molecule has 47 heavy (non-hydrogen) atoms. The predicted octanol–water partition coefficient (Wildman–Crippen LogP) is 8.56. The highest BCUT2D eigenvalue weighted by atomic mass is 19.4. The van der Waals surface area contributed by atoms with Crippen molar-refractivity contribution >= 4 is 23.8 Å². The Labute approximate surface area is 269 Å². The molecule has 2 aliphatic heterocycles. The molecule has 0 bridgehead atoms. The highest BCUT2D eigenvalue weighted by Gasteiger charge is 2.43. The van der Waals surface area contributed by atoms with Crippen LogP contribution in [0.2, 0.25) is 0 Å². The number of likely N-dealkylation sites (N-methyl/N-ethyl adjacent to an activating group) is 1. The minimum absolute atomic E-state index is 0.0171. The smallest absolute Gasteiger partial charge is 0.416 e. The van der Waals surface area contributed by atoms with Gasteiger partial charge in [-0.05, 0) is 113 Å². The highest BCUT2D eigenvalue weighted by Crippen LogP contribution is 2.41. The molecule has 0 radical (unpaired) electrons. The van der Waals surface area contributed by atoms with E-state index in [1.165, 1.54) is 39.2 Å². The van der Waals surface area contributed by atoms with E-state index >= 15 is 0 Å². The fourth-order valence-electron chi connectivity index (χ4n) is 6.06. The highest BCUT2D eigenvalue weighted by molar-refractivity contribution is 6.00. The average Bonchev–Trinajstić information content (AvgIpc) is 3.44. The lowest BCUT2D eigenvalue weighted by molar-refractivity contribution is -0.143. The largest absolute Gasteiger partial charge is 0.444 e. The van der Waals surface area contributed by atoms with Gasteiger partial charge < -0.3 is 14.5 Å². The molecule has 0 spiro atoms. The van der Waals surface area contributed by atoms with Crippen molar-refractivity contribution < 1.29 is 45.1 Å². The van der Waals surface area contributed by atoms with Gasteiger partial charge in [0.25, 0.3) is 0 Å². The molecule has 2 aromatic carbocycles. The number of hydrogen-bond donors (Lipinski definition) is 0. The third-order valence-electron chi connectivity index (χ3n) is 8.51. The van der Waals surface area contributed by atoms with Crippen molar-refractivity contribution in [1.82, 2.24) is 9.80 Å². The number of carbonyl (C=O) groups excluding carboxylic acids is 2. The number of dihydropyridines is 1. The van der Waals surface area contributed by atoms with Gasteiger partial charge in [0, 0.05) is 19.8 Å². The molecule has 4 rings (SSSR count). The number of rotatable bonds is 5. The fraction of sp³-hybridized carbons (Fsp3) is 0.500. The first-order valence-electron chi connectivity index (χ1n) is 15.1. The Morgan fingerprint density at radius 2 is 1.49 bits per heavy atom. The van der Waals surface area contributed by atoms with E-state index in [-0.39, 0.29) is 24.2 Å². The van der Waals surface area contributed by atoms with Crippen molar-refractivity contribution in [2.45, 2.75) is 96.3 Å². The number of alkyl halides is 6. The van der Waals surface area contributed by atoms with Crippen LogP contribution in [0.4, 0.5) is 35.5 Å². The van der Waals surface area contributed by atoms with Gasteiger partial charge in [0.2, 0.25) is 5.91 Å². The second kappa shape index (κ2) is 12.6. The van der Waals surface area contributed by atoms with Crippen LogP contribution in [0.15, 0.2) is 47.1 Å². The molecule has 0 saturated carbocycles. The normalized spacial score (nSPS) is 19.3. The van der Waals surface area contributed by atoms with E-state index in [0.717, 1.165) is 4.90 Å². The zero-order chi connectivity index (χ0) is 35.3. The van der Waals surface area contributed by atoms with Crippen LogP contribution in [-0.4, -0.2) is 59.3 Å². The molecular weight excluding hydrogens is 631 g/mol. The number of aliphatic imine (C=N–C) groups is 1. The second-order valence-corrected chi connectivity index (χ2v) is 13.5. The Kier molecular flexibility index (Phi) is 9.64. The minimum atomic E-state index is -5.09. The lowest BCUT2D eigenvalue weighted by atomic mass is 9.81. The molecule has 2 amide bonds. The number of benzene rings is 2. The molecule has 2 aliphatic rings. The molecular formula is C34H38F7N3O3. The molecule has 13 heteroatoms. The maximum Gasteiger partial charge on any atom is 0.416 e. The van der Waals surface area contributed by atoms with Crippen molar-refractivity contribution in [3.8, 4) is 0 Å². The van der Waals surface area contributed by atoms with Crippen LogP contribution < -0.4 is 0 Å². The van der Waals surface area contributed by atoms with Gasteiger partial charge in [0.15, 0.2) is 0 Å². The topological polar surface area (TPSA) is 62.2 Å². The summed E-state index contributed by atoms with van der Waals surface area (Å²) >= 11 is 0. The maximum absolute atomic E-state index is 14.1. The van der Waals surface area contributed by atoms with Crippen molar-refractivity contribution in [2.75, 3.05) is 13.6 Å². The van der Waals surface area contributed by atoms with E-state index in [1.54, 1.807) is 38.7 Å². The zero-order valence-electron chi connectivity index (χ0n) is 27.2. The van der Waals surface area contributed by atoms with Crippen molar-refractivity contribution in [3.05, 3.63) is 75.7 Å². The summed E-state index contributed by atoms with van der Waals surface area (Å²) in [7, 11) is 1.37. The van der Waals surface area contributed by atoms with Crippen LogP contribution in [0.5, 0.6) is 0 Å². The van der Waals surface area contributed by atoms with Gasteiger partial charge in [0.05, 0.1) is 34.3 Å². The van der Waals surface area contributed by atoms with Crippen molar-refractivity contribution in [2.24, 2.45) is 4.99 Å². The van der Waals surface area contributed by atoms with Gasteiger partial charge in [-0.2, -0.15) is 26.3 Å². The summed E-state index contributed by atoms with van der Waals surface area (Å²) in [4.78, 5) is 34.6. The summed E-state index contributed by atoms with van der Waals surface area (Å²) in [5.41, 5.74) is -4.17. The Hall–Kier alpha value is -3.90. The van der Waals surface area contributed by atoms with E-state index in [4.69, 9.17) is 9.73 Å². The molecule has 2 atom stereocenters. The van der Waals surface area contributed by atoms with Gasteiger partial charge in [-0.3, -0.25) is 9.79 Å². The Bertz CT molecular complexity index is 1570. The first kappa shape index (κ1) is 35.9. The third-order valence-corrected chi connectivity index (χ3v) is 8.51. The number of nitrogens with zero attached hydrogens (tertiary/aromatic N) is 3. The Morgan fingerprint density at radius 1 is 0.915 bits per heavy atom. The Balaban J connectivity index is 1.76. The number of ether oxygens (including phenoxy) is 1. The number of allylic oxidation sites excluding steroid dienone is 1. The lowest BCUT2D eigenvalue weighted by Crippen LogP contribution is -2.46. The van der Waals surface area contributed by atoms with Crippen LogP contribution in [0.3, 0.4) is 0 Å². The predicted molar refractivity (Wildman–Crippen MR) is 163 cm³/mol. The van der Waals surface area contributed by atoms with Gasteiger partial charge in [-0.25, -0.2) is 9.18 Å². The second-order valence-electron chi connectivity index (χ2n) is 13.5. The molecule has 0 N–H and O–H groups in total. The summed E-state index contributed by atoms with van der Waals surface area (Å²) in [6, 6.07) is 4.42. The van der Waals surface area contributed by atoms with Gasteiger partial charge in [-0.1, -0.05) is 6.07 Å². The number of halogens is 7.